The normalized spacial score (nSPS) is 27.2. The molecular weight excluding hydrogens is 260 g/mol. The summed E-state index contributed by atoms with van der Waals surface area (Å²) < 4.78 is 0. The summed E-state index contributed by atoms with van der Waals surface area (Å²) >= 11 is 0. The maximum absolute atomic E-state index is 12.7. The van der Waals surface area contributed by atoms with Crippen molar-refractivity contribution in [2.75, 3.05) is 6.54 Å². The second kappa shape index (κ2) is 8.17. The van der Waals surface area contributed by atoms with Crippen molar-refractivity contribution in [3.63, 3.8) is 0 Å². The number of rotatable bonds is 8. The summed E-state index contributed by atoms with van der Waals surface area (Å²) in [6.45, 7) is 7.69. The van der Waals surface area contributed by atoms with Crippen LogP contribution in [-0.4, -0.2) is 29.6 Å². The van der Waals surface area contributed by atoms with Gasteiger partial charge in [0.05, 0.1) is 12.2 Å². The van der Waals surface area contributed by atoms with Gasteiger partial charge in [-0.3, -0.25) is 10.1 Å². The Hall–Kier alpha value is -0.570. The maximum atomic E-state index is 12.7. The molecule has 21 heavy (non-hydrogen) atoms. The highest BCUT2D eigenvalue weighted by Crippen LogP contribution is 2.32. The summed E-state index contributed by atoms with van der Waals surface area (Å²) in [4.78, 5) is 14.9. The molecule has 1 aliphatic carbocycles. The van der Waals surface area contributed by atoms with Crippen LogP contribution in [0.1, 0.15) is 78.6 Å². The van der Waals surface area contributed by atoms with E-state index in [2.05, 4.69) is 31.0 Å². The minimum Gasteiger partial charge on any atom is -0.326 e. The van der Waals surface area contributed by atoms with E-state index >= 15 is 0 Å². The zero-order valence-corrected chi connectivity index (χ0v) is 14.2. The van der Waals surface area contributed by atoms with E-state index in [-0.39, 0.29) is 6.04 Å². The van der Waals surface area contributed by atoms with Gasteiger partial charge in [0, 0.05) is 6.54 Å². The highest BCUT2D eigenvalue weighted by Gasteiger charge is 2.42. The molecule has 1 amide bonds. The van der Waals surface area contributed by atoms with Gasteiger partial charge in [-0.2, -0.15) is 0 Å². The minimum atomic E-state index is 0.0922. The molecule has 3 nitrogen and oxygen atoms in total. The second-order valence-electron chi connectivity index (χ2n) is 7.42. The standard InChI is InChI=1S/C18H34N2O/c1-4-5-12-16-18(21)20(13-8-9-14(2)3)17(19-16)15-10-6-7-11-15/h14-17,19H,4-13H2,1-3H3. The Bertz CT molecular complexity index is 323. The van der Waals surface area contributed by atoms with Crippen molar-refractivity contribution in [2.45, 2.75) is 90.8 Å². The lowest BCUT2D eigenvalue weighted by molar-refractivity contribution is -0.130. The third kappa shape index (κ3) is 4.45. The maximum Gasteiger partial charge on any atom is 0.241 e. The molecule has 122 valence electrons. The van der Waals surface area contributed by atoms with Crippen LogP contribution in [0.4, 0.5) is 0 Å². The molecule has 0 aromatic heterocycles. The summed E-state index contributed by atoms with van der Waals surface area (Å²) in [7, 11) is 0. The molecule has 1 N–H and O–H groups in total. The predicted octanol–water partition coefficient (Wildman–Crippen LogP) is 3.93. The molecule has 0 spiro atoms. The third-order valence-electron chi connectivity index (χ3n) is 5.16. The van der Waals surface area contributed by atoms with Gasteiger partial charge in [0.2, 0.25) is 5.91 Å². The summed E-state index contributed by atoms with van der Waals surface area (Å²) in [5.74, 6) is 1.81. The van der Waals surface area contributed by atoms with Gasteiger partial charge in [0.1, 0.15) is 0 Å². The molecule has 0 aromatic carbocycles. The minimum absolute atomic E-state index is 0.0922. The van der Waals surface area contributed by atoms with Gasteiger partial charge in [-0.15, -0.1) is 0 Å². The first-order valence-electron chi connectivity index (χ1n) is 9.20. The molecule has 0 radical (unpaired) electrons. The molecule has 1 aliphatic heterocycles. The molecule has 3 heteroatoms. The summed E-state index contributed by atoms with van der Waals surface area (Å²) in [5.41, 5.74) is 0. The molecule has 2 rings (SSSR count). The van der Waals surface area contributed by atoms with Crippen LogP contribution in [0.3, 0.4) is 0 Å². The van der Waals surface area contributed by atoms with E-state index in [0.717, 1.165) is 31.7 Å². The smallest absolute Gasteiger partial charge is 0.241 e. The van der Waals surface area contributed by atoms with E-state index in [1.165, 1.54) is 38.5 Å². The lowest BCUT2D eigenvalue weighted by atomic mass is 10.0. The van der Waals surface area contributed by atoms with Gasteiger partial charge >= 0.3 is 0 Å². The first-order valence-corrected chi connectivity index (χ1v) is 9.20. The van der Waals surface area contributed by atoms with Crippen LogP contribution < -0.4 is 5.32 Å². The fourth-order valence-corrected chi connectivity index (χ4v) is 3.90. The second-order valence-corrected chi connectivity index (χ2v) is 7.42. The number of hydrogen-bond acceptors (Lipinski definition) is 2. The SMILES string of the molecule is CCCCC1NC(C2CCCC2)N(CCCC(C)C)C1=O. The van der Waals surface area contributed by atoms with Crippen molar-refractivity contribution in [3.8, 4) is 0 Å². The largest absolute Gasteiger partial charge is 0.326 e. The lowest BCUT2D eigenvalue weighted by Crippen LogP contribution is -2.43. The average Bonchev–Trinajstić information content (AvgIpc) is 3.06. The number of hydrogen-bond donors (Lipinski definition) is 1. The Morgan fingerprint density at radius 1 is 1.24 bits per heavy atom. The summed E-state index contributed by atoms with van der Waals surface area (Å²) in [6, 6.07) is 0.0922. The highest BCUT2D eigenvalue weighted by molar-refractivity contribution is 5.84. The van der Waals surface area contributed by atoms with Gasteiger partial charge in [-0.05, 0) is 43.9 Å². The van der Waals surface area contributed by atoms with E-state index in [0.29, 0.717) is 18.0 Å². The fourth-order valence-electron chi connectivity index (χ4n) is 3.90. The molecule has 1 heterocycles. The molecule has 2 aliphatic rings. The van der Waals surface area contributed by atoms with Crippen molar-refractivity contribution in [3.05, 3.63) is 0 Å². The van der Waals surface area contributed by atoms with Crippen LogP contribution in [0, 0.1) is 11.8 Å². The number of carbonyl (C=O) groups is 1. The van der Waals surface area contributed by atoms with Crippen molar-refractivity contribution >= 4 is 5.91 Å². The molecule has 2 atom stereocenters. The Kier molecular flexibility index (Phi) is 6.53. The molecule has 2 unspecified atom stereocenters. The number of unbranched alkanes of at least 4 members (excludes halogenated alkanes) is 1. The van der Waals surface area contributed by atoms with Crippen LogP contribution in [0.5, 0.6) is 0 Å². The van der Waals surface area contributed by atoms with E-state index in [1.54, 1.807) is 0 Å². The zero-order chi connectivity index (χ0) is 15.2. The van der Waals surface area contributed by atoms with E-state index < -0.39 is 0 Å². The van der Waals surface area contributed by atoms with E-state index in [4.69, 9.17) is 0 Å². The molecular formula is C18H34N2O. The van der Waals surface area contributed by atoms with Gasteiger partial charge in [-0.1, -0.05) is 46.5 Å². The third-order valence-corrected chi connectivity index (χ3v) is 5.16. The Morgan fingerprint density at radius 2 is 1.95 bits per heavy atom. The predicted molar refractivity (Wildman–Crippen MR) is 88.0 cm³/mol. The van der Waals surface area contributed by atoms with Crippen LogP contribution >= 0.6 is 0 Å². The highest BCUT2D eigenvalue weighted by atomic mass is 16.2. The van der Waals surface area contributed by atoms with Gasteiger partial charge in [0.25, 0.3) is 0 Å². The molecule has 0 bridgehead atoms. The molecule has 0 aromatic rings. The van der Waals surface area contributed by atoms with Crippen molar-refractivity contribution in [1.82, 2.24) is 10.2 Å². The summed E-state index contributed by atoms with van der Waals surface area (Å²) in [5, 5.41) is 3.68. The van der Waals surface area contributed by atoms with E-state index in [9.17, 15) is 4.79 Å². The molecule has 1 saturated heterocycles. The number of nitrogens with one attached hydrogen (secondary N) is 1. The first-order chi connectivity index (χ1) is 10.1. The van der Waals surface area contributed by atoms with Crippen molar-refractivity contribution in [2.24, 2.45) is 11.8 Å². The van der Waals surface area contributed by atoms with Crippen LogP contribution in [-0.2, 0) is 4.79 Å². The van der Waals surface area contributed by atoms with Crippen molar-refractivity contribution < 1.29 is 4.79 Å². The Balaban J connectivity index is 1.95. The van der Waals surface area contributed by atoms with Crippen LogP contribution in [0.15, 0.2) is 0 Å². The van der Waals surface area contributed by atoms with Gasteiger partial charge in [-0.25, -0.2) is 0 Å². The van der Waals surface area contributed by atoms with Crippen molar-refractivity contribution in [1.29, 1.82) is 0 Å². The average molecular weight is 294 g/mol. The van der Waals surface area contributed by atoms with Crippen LogP contribution in [0.2, 0.25) is 0 Å². The number of nitrogens with zero attached hydrogens (tertiary/aromatic N) is 1. The van der Waals surface area contributed by atoms with Crippen LogP contribution in [0.25, 0.3) is 0 Å². The first kappa shape index (κ1) is 16.8. The molecule has 2 fully saturated rings. The quantitative estimate of drug-likeness (QED) is 0.735. The zero-order valence-electron chi connectivity index (χ0n) is 14.2. The number of amides is 1. The van der Waals surface area contributed by atoms with Gasteiger partial charge < -0.3 is 4.90 Å². The monoisotopic (exact) mass is 294 g/mol. The summed E-state index contributed by atoms with van der Waals surface area (Å²) in [6.07, 6.45) is 11.3. The molecule has 1 saturated carbocycles. The Morgan fingerprint density at radius 3 is 2.57 bits per heavy atom. The Labute approximate surface area is 130 Å². The van der Waals surface area contributed by atoms with Gasteiger partial charge in [0.15, 0.2) is 0 Å². The lowest BCUT2D eigenvalue weighted by Gasteiger charge is -2.29. The fraction of sp³-hybridized carbons (Fsp3) is 0.944. The van der Waals surface area contributed by atoms with E-state index in [1.807, 2.05) is 0 Å². The number of carbonyl (C=O) groups excluding carboxylic acids is 1. The topological polar surface area (TPSA) is 32.3 Å².